The van der Waals surface area contributed by atoms with Gasteiger partial charge in [0, 0.05) is 33.4 Å². The zero-order valence-electron chi connectivity index (χ0n) is 14.4. The van der Waals surface area contributed by atoms with E-state index in [-0.39, 0.29) is 5.60 Å². The normalized spacial score (nSPS) is 13.5. The van der Waals surface area contributed by atoms with Crippen molar-refractivity contribution in [2.45, 2.75) is 45.4 Å². The van der Waals surface area contributed by atoms with Gasteiger partial charge in [0.05, 0.1) is 18.3 Å². The largest absolute Gasteiger partial charge is 0.389 e. The number of hydrogen-bond donors (Lipinski definition) is 1. The highest BCUT2D eigenvalue weighted by Gasteiger charge is 2.16. The number of aliphatic hydroxyl groups excluding tert-OH is 1. The summed E-state index contributed by atoms with van der Waals surface area (Å²) in [6.07, 6.45) is 0.474. The molecular weight excluding hydrogens is 278 g/mol. The predicted octanol–water partition coefficient (Wildman–Crippen LogP) is 2.70. The number of benzene rings is 1. The van der Waals surface area contributed by atoms with E-state index in [4.69, 9.17) is 9.47 Å². The molecule has 0 aromatic heterocycles. The van der Waals surface area contributed by atoms with E-state index in [1.165, 1.54) is 5.56 Å². The fraction of sp³-hybridized carbons (Fsp3) is 0.667. The van der Waals surface area contributed by atoms with Crippen LogP contribution >= 0.6 is 0 Å². The van der Waals surface area contributed by atoms with Gasteiger partial charge in [0.25, 0.3) is 0 Å². The maximum Gasteiger partial charge on any atom is 0.0900 e. The van der Waals surface area contributed by atoms with Crippen LogP contribution in [0.3, 0.4) is 0 Å². The Kier molecular flexibility index (Phi) is 8.64. The number of ether oxygens (including phenoxy) is 2. The lowest BCUT2D eigenvalue weighted by Gasteiger charge is -2.27. The molecule has 1 atom stereocenters. The molecule has 0 aliphatic rings. The summed E-state index contributed by atoms with van der Waals surface area (Å²) in [6.45, 7) is 9.43. The van der Waals surface area contributed by atoms with Crippen LogP contribution in [0.2, 0.25) is 0 Å². The third kappa shape index (κ3) is 9.15. The average molecular weight is 309 g/mol. The number of nitrogens with zero attached hydrogens (tertiary/aromatic N) is 1. The lowest BCUT2D eigenvalue weighted by Crippen LogP contribution is -2.37. The Hall–Kier alpha value is -0.940. The van der Waals surface area contributed by atoms with Gasteiger partial charge in [-0.25, -0.2) is 0 Å². The molecule has 0 saturated carbocycles. The van der Waals surface area contributed by atoms with Crippen LogP contribution in [-0.2, 0) is 16.0 Å². The van der Waals surface area contributed by atoms with E-state index in [9.17, 15) is 5.11 Å². The van der Waals surface area contributed by atoms with Gasteiger partial charge < -0.3 is 14.6 Å². The lowest BCUT2D eigenvalue weighted by atomic mass is 10.2. The van der Waals surface area contributed by atoms with Crippen molar-refractivity contribution in [2.75, 3.05) is 33.4 Å². The van der Waals surface area contributed by atoms with Gasteiger partial charge in [0.15, 0.2) is 0 Å². The molecule has 0 heterocycles. The van der Waals surface area contributed by atoms with Crippen molar-refractivity contribution < 1.29 is 14.6 Å². The summed E-state index contributed by atoms with van der Waals surface area (Å²) >= 11 is 0. The second kappa shape index (κ2) is 9.95. The summed E-state index contributed by atoms with van der Waals surface area (Å²) in [6, 6.07) is 10.3. The molecule has 1 rings (SSSR count). The molecule has 0 saturated heterocycles. The molecule has 0 amide bonds. The first kappa shape index (κ1) is 19.1. The topological polar surface area (TPSA) is 41.9 Å². The zero-order valence-corrected chi connectivity index (χ0v) is 14.4. The fourth-order valence-corrected chi connectivity index (χ4v) is 2.21. The van der Waals surface area contributed by atoms with Crippen LogP contribution in [0.15, 0.2) is 30.3 Å². The molecule has 1 aromatic carbocycles. The molecule has 4 nitrogen and oxygen atoms in total. The first-order valence-corrected chi connectivity index (χ1v) is 7.98. The van der Waals surface area contributed by atoms with E-state index in [1.807, 2.05) is 39.0 Å². The predicted molar refractivity (Wildman–Crippen MR) is 89.9 cm³/mol. The Balaban J connectivity index is 2.49. The molecule has 0 unspecified atom stereocenters. The van der Waals surface area contributed by atoms with Crippen LogP contribution in [0.1, 0.15) is 32.8 Å². The monoisotopic (exact) mass is 309 g/mol. The summed E-state index contributed by atoms with van der Waals surface area (Å²) in [4.78, 5) is 2.26. The Morgan fingerprint density at radius 1 is 1.18 bits per heavy atom. The van der Waals surface area contributed by atoms with Gasteiger partial charge in [-0.2, -0.15) is 0 Å². The Morgan fingerprint density at radius 2 is 1.86 bits per heavy atom. The summed E-state index contributed by atoms with van der Waals surface area (Å²) in [7, 11) is 1.72. The van der Waals surface area contributed by atoms with Crippen molar-refractivity contribution in [1.82, 2.24) is 4.90 Å². The van der Waals surface area contributed by atoms with Gasteiger partial charge in [-0.1, -0.05) is 30.3 Å². The van der Waals surface area contributed by atoms with Crippen molar-refractivity contribution in [3.63, 3.8) is 0 Å². The van der Waals surface area contributed by atoms with Gasteiger partial charge in [-0.3, -0.25) is 4.90 Å². The Bertz CT molecular complexity index is 389. The fourth-order valence-electron chi connectivity index (χ4n) is 2.21. The van der Waals surface area contributed by atoms with Crippen molar-refractivity contribution in [3.05, 3.63) is 35.9 Å². The molecule has 0 bridgehead atoms. The highest BCUT2D eigenvalue weighted by atomic mass is 16.5. The first-order valence-electron chi connectivity index (χ1n) is 7.98. The summed E-state index contributed by atoms with van der Waals surface area (Å²) in [5.41, 5.74) is 1.03. The smallest absolute Gasteiger partial charge is 0.0900 e. The summed E-state index contributed by atoms with van der Waals surface area (Å²) < 4.78 is 10.8. The van der Waals surface area contributed by atoms with Crippen molar-refractivity contribution >= 4 is 0 Å². The van der Waals surface area contributed by atoms with Gasteiger partial charge >= 0.3 is 0 Å². The first-order chi connectivity index (χ1) is 10.4. The number of aliphatic hydroxyl groups is 1. The minimum Gasteiger partial charge on any atom is -0.389 e. The Morgan fingerprint density at radius 3 is 2.45 bits per heavy atom. The van der Waals surface area contributed by atoms with Gasteiger partial charge in [0.1, 0.15) is 0 Å². The number of methoxy groups -OCH3 is 1. The summed E-state index contributed by atoms with van der Waals surface area (Å²) in [5.74, 6) is 0. The van der Waals surface area contributed by atoms with E-state index >= 15 is 0 Å². The van der Waals surface area contributed by atoms with Gasteiger partial charge in [-0.15, -0.1) is 0 Å². The average Bonchev–Trinajstić information content (AvgIpc) is 2.46. The van der Waals surface area contributed by atoms with E-state index in [1.54, 1.807) is 7.11 Å². The molecule has 1 N–H and O–H groups in total. The molecule has 0 aliphatic carbocycles. The molecular formula is C18H31NO3. The molecule has 22 heavy (non-hydrogen) atoms. The van der Waals surface area contributed by atoms with Crippen molar-refractivity contribution in [3.8, 4) is 0 Å². The van der Waals surface area contributed by atoms with Gasteiger partial charge in [0.2, 0.25) is 0 Å². The zero-order chi connectivity index (χ0) is 16.4. The number of rotatable bonds is 10. The minimum atomic E-state index is -0.481. The van der Waals surface area contributed by atoms with Crippen LogP contribution in [0.25, 0.3) is 0 Å². The van der Waals surface area contributed by atoms with Gasteiger partial charge in [-0.05, 0) is 32.8 Å². The van der Waals surface area contributed by atoms with Crippen LogP contribution in [0, 0.1) is 0 Å². The molecule has 4 heteroatoms. The SMILES string of the molecule is COCCCN(Cc1ccccc1)C[C@H](O)COC(C)(C)C. The standard InChI is InChI=1S/C18H31NO3/c1-18(2,3)22-15-17(20)14-19(11-8-12-21-4)13-16-9-6-5-7-10-16/h5-7,9-10,17,20H,8,11-15H2,1-4H3/t17-/m0/s1. The summed E-state index contributed by atoms with van der Waals surface area (Å²) in [5, 5.41) is 10.2. The lowest BCUT2D eigenvalue weighted by molar-refractivity contribution is -0.0569. The van der Waals surface area contributed by atoms with E-state index < -0.39 is 6.10 Å². The van der Waals surface area contributed by atoms with Crippen LogP contribution in [0.4, 0.5) is 0 Å². The molecule has 0 radical (unpaired) electrons. The van der Waals surface area contributed by atoms with Crippen LogP contribution in [0.5, 0.6) is 0 Å². The molecule has 0 aliphatic heterocycles. The third-order valence-electron chi connectivity index (χ3n) is 3.25. The van der Waals surface area contributed by atoms with Crippen molar-refractivity contribution in [1.29, 1.82) is 0 Å². The molecule has 1 aromatic rings. The maximum absolute atomic E-state index is 10.2. The van der Waals surface area contributed by atoms with Crippen LogP contribution in [-0.4, -0.2) is 55.1 Å². The highest BCUT2D eigenvalue weighted by molar-refractivity contribution is 5.14. The minimum absolute atomic E-state index is 0.221. The van der Waals surface area contributed by atoms with Crippen molar-refractivity contribution in [2.24, 2.45) is 0 Å². The Labute approximate surface area is 135 Å². The third-order valence-corrected chi connectivity index (χ3v) is 3.25. The molecule has 0 fully saturated rings. The highest BCUT2D eigenvalue weighted by Crippen LogP contribution is 2.10. The second-order valence-electron chi connectivity index (χ2n) is 6.64. The maximum atomic E-state index is 10.2. The van der Waals surface area contributed by atoms with E-state index in [0.717, 1.165) is 26.1 Å². The van der Waals surface area contributed by atoms with Crippen LogP contribution < -0.4 is 0 Å². The quantitative estimate of drug-likeness (QED) is 0.675. The second-order valence-corrected chi connectivity index (χ2v) is 6.64. The molecule has 0 spiro atoms. The molecule has 126 valence electrons. The number of hydrogen-bond acceptors (Lipinski definition) is 4. The van der Waals surface area contributed by atoms with E-state index in [2.05, 4.69) is 17.0 Å². The van der Waals surface area contributed by atoms with E-state index in [0.29, 0.717) is 13.2 Å².